The summed E-state index contributed by atoms with van der Waals surface area (Å²) < 4.78 is 8.55. The Morgan fingerprint density at radius 1 is 0.544 bits per heavy atom. The number of hydrogen-bond donors (Lipinski definition) is 6. The van der Waals surface area contributed by atoms with Crippen molar-refractivity contribution in [1.29, 1.82) is 0 Å². The van der Waals surface area contributed by atoms with E-state index in [1.807, 2.05) is 0 Å². The minimum Gasteiger partial charge on any atom is -1.00 e. The molecule has 0 aromatic rings. The summed E-state index contributed by atoms with van der Waals surface area (Å²) in [6.45, 7) is 11.1. The van der Waals surface area contributed by atoms with Gasteiger partial charge in [0.2, 0.25) is 12.3 Å². The number of carboxylic acid groups (broad SMARTS) is 13. The molecule has 0 bridgehead atoms. The molecule has 43 heteroatoms. The van der Waals surface area contributed by atoms with Gasteiger partial charge in [0.05, 0.1) is 0 Å². The maximum Gasteiger partial charge on any atom is 2.00 e. The van der Waals surface area contributed by atoms with Gasteiger partial charge in [-0.1, -0.05) is 20.8 Å². The van der Waals surface area contributed by atoms with Gasteiger partial charge in [-0.25, -0.2) is 9.59 Å². The van der Waals surface area contributed by atoms with E-state index in [-0.39, 0.29) is 516 Å². The number of rotatable bonds is 3. The second-order valence-electron chi connectivity index (χ2n) is 4.16. The molecule has 0 atom stereocenters. The van der Waals surface area contributed by atoms with Crippen molar-refractivity contribution in [3.05, 3.63) is 0 Å². The SMILES string of the molecule is CC(=O)[O-].CCN(CC)CC.O.O=C(O)O.O=C(O)O.O=C([O-])O.O=C([O-])O.O=C([O-])[O-].O=C([O-])[O-].O=P([O-])([O-])[O-].[Ca+2].[Cs+].[Cs+].[F-].[K+].[K+].[K+].[Li+].[Mg+2].[Na+].[Na+].[Na+].[Na+].[OH-].[OH-].[OH-]. The summed E-state index contributed by atoms with van der Waals surface area (Å²) in [4.78, 5) is 87.6. The quantitative estimate of drug-likeness (QED) is 0.113. The molecule has 0 saturated carbocycles. The van der Waals surface area contributed by atoms with E-state index in [0.717, 1.165) is 6.92 Å². The number of aliphatic carboxylic acids is 1. The van der Waals surface area contributed by atoms with Crippen LogP contribution in [0.1, 0.15) is 27.7 Å². The number of carbonyl (C=O) groups excluding carboxylic acids is 3. The van der Waals surface area contributed by atoms with Gasteiger partial charge in [0.1, 0.15) is 0 Å². The molecule has 0 aromatic carbocycles. The molecule has 0 unspecified atom stereocenters. The third-order valence-electron chi connectivity index (χ3n) is 1.34. The van der Waals surface area contributed by atoms with Gasteiger partial charge in [0, 0.05) is 5.97 Å². The number of carbonyl (C=O) groups is 7. The Balaban J connectivity index is -0.00000000766. The normalized spacial score (nSPS) is 5.26. The maximum absolute atomic E-state index is 8.89. The second-order valence-corrected chi connectivity index (χ2v) is 5.05. The largest absolute Gasteiger partial charge is 2.00 e. The Hall–Kier alpha value is 10.6. The standard InChI is InChI=1S/C6H15N.C2H4O2.6CH2O3.Ca.2Cs.FH.3K.Li.Mg.4Na.H3O4P.4H2O/c1-4-7(5-2)6-3;1-2(3)4;6*2-1(3)4;;;;;;;;;;;;;;1-5(2,3)4;;;;/h4-6H2,1-3H3;1H3,(H,3,4);6*(H2,2,3,4);;;;1H;;;;;;;;;;(H3,1,2,3,4);4*1H2/q;;;;;;;;+2;2*+1;;4*+1;+2;4*+1;;;;;/p-14. The molecule has 57 heavy (non-hydrogen) atoms. The van der Waals surface area contributed by atoms with Crippen LogP contribution in [0.25, 0.3) is 0 Å². The molecule has 0 spiro atoms. The molecule has 29 nitrogen and oxygen atoms in total. The van der Waals surface area contributed by atoms with Crippen molar-refractivity contribution in [2.75, 3.05) is 19.6 Å². The van der Waals surface area contributed by atoms with Crippen LogP contribution < -0.4 is 484 Å². The van der Waals surface area contributed by atoms with Crippen molar-refractivity contribution in [2.24, 2.45) is 0 Å². The van der Waals surface area contributed by atoms with Crippen molar-refractivity contribution >= 4 is 112 Å². The van der Waals surface area contributed by atoms with E-state index in [1.165, 1.54) is 19.6 Å². The van der Waals surface area contributed by atoms with Crippen LogP contribution in [-0.2, 0) is 9.36 Å². The first-order valence-corrected chi connectivity index (χ1v) is 9.96. The van der Waals surface area contributed by atoms with E-state index in [1.54, 1.807) is 0 Å². The Labute approximate surface area is 717 Å². The molecule has 284 valence electrons. The number of nitrogens with zero attached hydrogens (tertiary/aromatic N) is 1. The van der Waals surface area contributed by atoms with Crippen LogP contribution >= 0.6 is 7.82 Å². The van der Waals surface area contributed by atoms with Crippen molar-refractivity contribution in [1.82, 2.24) is 4.90 Å². The van der Waals surface area contributed by atoms with Crippen molar-refractivity contribution in [3.63, 3.8) is 0 Å². The average molecular weight is 1260 g/mol. The van der Waals surface area contributed by atoms with Gasteiger partial charge < -0.3 is 141 Å². The minimum atomic E-state index is -5.39. The molecule has 0 fully saturated rings. The van der Waals surface area contributed by atoms with Crippen LogP contribution in [0.5, 0.6) is 0 Å². The third kappa shape index (κ3) is 1010. The zero-order valence-electron chi connectivity index (χ0n) is 34.2. The predicted molar refractivity (Wildman–Crippen MR) is 121 cm³/mol. The molecule has 0 aliphatic carbocycles. The summed E-state index contributed by atoms with van der Waals surface area (Å²) in [5.74, 6) is -1.08. The maximum atomic E-state index is 8.89. The fourth-order valence-electron chi connectivity index (χ4n) is 0.671. The van der Waals surface area contributed by atoms with Crippen molar-refractivity contribution in [3.8, 4) is 0 Å². The van der Waals surface area contributed by atoms with E-state index in [2.05, 4.69) is 25.7 Å². The summed E-state index contributed by atoms with van der Waals surface area (Å²) in [5, 5.41) is 101. The molecule has 0 aliphatic rings. The topological polar surface area (TPSA) is 613 Å². The Morgan fingerprint density at radius 2 is 0.579 bits per heavy atom. The molecule has 0 radical (unpaired) electrons. The molecular weight excluding hydrogens is 1230 g/mol. The molecule has 0 amide bonds. The predicted octanol–water partition coefficient (Wildman–Crippen LogP) is -44.5. The van der Waals surface area contributed by atoms with Gasteiger partial charge in [0.25, 0.3) is 0 Å². The minimum absolute atomic E-state index is 0. The summed E-state index contributed by atoms with van der Waals surface area (Å²) in [7, 11) is -5.39. The molecule has 0 aliphatic heterocycles. The van der Waals surface area contributed by atoms with Crippen LogP contribution in [0.3, 0.4) is 0 Å². The van der Waals surface area contributed by atoms with Crippen LogP contribution in [0.4, 0.5) is 28.8 Å². The van der Waals surface area contributed by atoms with E-state index in [0.29, 0.717) is 0 Å². The van der Waals surface area contributed by atoms with E-state index < -0.39 is 50.7 Å². The van der Waals surface area contributed by atoms with E-state index in [4.69, 9.17) is 119 Å². The molecule has 11 N–H and O–H groups in total. The Morgan fingerprint density at radius 3 is 0.579 bits per heavy atom. The first-order valence-electron chi connectivity index (χ1n) is 8.50. The Bertz CT molecular complexity index is 606. The van der Waals surface area contributed by atoms with Crippen LogP contribution in [0, 0.1) is 0 Å². The monoisotopic (exact) mass is 1250 g/mol. The number of halogens is 1. The summed E-state index contributed by atoms with van der Waals surface area (Å²) >= 11 is 0. The Kier molecular flexibility index (Phi) is 458. The summed E-state index contributed by atoms with van der Waals surface area (Å²) in [6, 6.07) is 0. The number of carboxylic acids is 1. The zero-order chi connectivity index (χ0) is 35.2. The van der Waals surface area contributed by atoms with Gasteiger partial charge in [0.15, 0.2) is 0 Å². The first kappa shape index (κ1) is 173. The van der Waals surface area contributed by atoms with Gasteiger partial charge in [-0.3, -0.25) is 0 Å². The third-order valence-corrected chi connectivity index (χ3v) is 1.34. The second kappa shape index (κ2) is 151. The van der Waals surface area contributed by atoms with E-state index >= 15 is 0 Å². The van der Waals surface area contributed by atoms with Gasteiger partial charge in [-0.2, -0.15) is 7.82 Å². The summed E-state index contributed by atoms with van der Waals surface area (Å²) in [5.41, 5.74) is 0. The van der Waals surface area contributed by atoms with Crippen molar-refractivity contribution < 1.29 is 575 Å². The smallest absolute Gasteiger partial charge is 1.00 e. The zero-order valence-corrected chi connectivity index (χ0v) is 68.6. The van der Waals surface area contributed by atoms with Gasteiger partial charge >= 0.3 is 502 Å². The van der Waals surface area contributed by atoms with Crippen LogP contribution in [0.2, 0.25) is 0 Å². The molecule has 0 saturated heterocycles. The fraction of sp³-hybridized carbons (Fsp3) is 0.500. The fourth-order valence-corrected chi connectivity index (χ4v) is 0.671. The molecule has 0 heterocycles. The van der Waals surface area contributed by atoms with Gasteiger partial charge in [-0.15, -0.1) is 0 Å². The van der Waals surface area contributed by atoms with E-state index in [9.17, 15) is 0 Å². The van der Waals surface area contributed by atoms with Crippen molar-refractivity contribution in [2.45, 2.75) is 27.7 Å². The average Bonchev–Trinajstić information content (AvgIpc) is 2.58. The van der Waals surface area contributed by atoms with Crippen LogP contribution in [-0.4, -0.2) is 181 Å². The van der Waals surface area contributed by atoms with Crippen LogP contribution in [0.15, 0.2) is 0 Å². The molecule has 0 aromatic heterocycles. The number of phosphoric acid groups is 1. The summed E-state index contributed by atoms with van der Waals surface area (Å²) in [6.07, 6.45) is -12.5. The first-order chi connectivity index (χ1) is 17.5. The number of hydrogen-bond acceptors (Lipinski definition) is 22. The van der Waals surface area contributed by atoms with Gasteiger partial charge in [-0.05, 0) is 38.9 Å². The molecule has 0 rings (SSSR count). The molecular formula is C14H29CaCs2FK3LiMgNNa4O28P.